The lowest BCUT2D eigenvalue weighted by Crippen LogP contribution is -2.53. The Kier molecular flexibility index (Phi) is 6.62. The van der Waals surface area contributed by atoms with Crippen molar-refractivity contribution >= 4 is 17.9 Å². The monoisotopic (exact) mass is 409 g/mol. The van der Waals surface area contributed by atoms with Crippen LogP contribution >= 0.6 is 0 Å². The van der Waals surface area contributed by atoms with Crippen molar-refractivity contribution in [3.8, 4) is 0 Å². The summed E-state index contributed by atoms with van der Waals surface area (Å²) in [5.74, 6) is 1.37. The van der Waals surface area contributed by atoms with Crippen LogP contribution in [-0.4, -0.2) is 77.1 Å². The summed E-state index contributed by atoms with van der Waals surface area (Å²) < 4.78 is 38.1. The minimum Gasteiger partial charge on any atom is -0.354 e. The zero-order valence-corrected chi connectivity index (χ0v) is 15.9. The summed E-state index contributed by atoms with van der Waals surface area (Å²) >= 11 is 0. The lowest BCUT2D eigenvalue weighted by Gasteiger charge is -2.36. The first-order chi connectivity index (χ1) is 14.0. The third-order valence-electron chi connectivity index (χ3n) is 4.26. The van der Waals surface area contributed by atoms with E-state index in [9.17, 15) is 13.2 Å². The number of nitrogens with zero attached hydrogens (tertiary/aromatic N) is 7. The van der Waals surface area contributed by atoms with Gasteiger partial charge in [0.05, 0.1) is 0 Å². The van der Waals surface area contributed by atoms with Crippen molar-refractivity contribution in [3.05, 3.63) is 36.4 Å². The fourth-order valence-corrected chi connectivity index (χ4v) is 2.86. The van der Waals surface area contributed by atoms with Crippen molar-refractivity contribution in [1.82, 2.24) is 30.2 Å². The molecule has 0 saturated carbocycles. The average molecular weight is 409 g/mol. The van der Waals surface area contributed by atoms with E-state index < -0.39 is 11.9 Å². The zero-order chi connectivity index (χ0) is 20.7. The minimum absolute atomic E-state index is 0.0620. The summed E-state index contributed by atoms with van der Waals surface area (Å²) in [5, 5.41) is 5.98. The maximum absolute atomic E-state index is 12.7. The van der Waals surface area contributed by atoms with Gasteiger partial charge in [-0.05, 0) is 12.1 Å². The molecule has 0 spiro atoms. The number of aromatic nitrogens is 4. The van der Waals surface area contributed by atoms with Crippen molar-refractivity contribution < 1.29 is 13.2 Å². The van der Waals surface area contributed by atoms with Gasteiger partial charge in [0.25, 0.3) is 0 Å². The van der Waals surface area contributed by atoms with Crippen molar-refractivity contribution in [2.75, 3.05) is 56.5 Å². The molecule has 12 heteroatoms. The SMILES string of the molecule is CN=C(NCCNc1nccc(C(F)(F)F)n1)N1CCN(c2ncccn2)CC1. The predicted molar refractivity (Wildman–Crippen MR) is 103 cm³/mol. The quantitative estimate of drug-likeness (QED) is 0.431. The van der Waals surface area contributed by atoms with Gasteiger partial charge in [0.1, 0.15) is 5.69 Å². The molecule has 2 N–H and O–H groups in total. The number of alkyl halides is 3. The molecule has 0 atom stereocenters. The molecule has 1 saturated heterocycles. The number of aliphatic imine (C=N–C) groups is 1. The maximum atomic E-state index is 12.7. The van der Waals surface area contributed by atoms with Crippen molar-refractivity contribution in [3.63, 3.8) is 0 Å². The number of hydrogen-bond acceptors (Lipinski definition) is 7. The first-order valence-electron chi connectivity index (χ1n) is 9.09. The molecule has 0 aliphatic carbocycles. The molecule has 1 fully saturated rings. The van der Waals surface area contributed by atoms with Crippen molar-refractivity contribution in [2.24, 2.45) is 4.99 Å². The van der Waals surface area contributed by atoms with Gasteiger partial charge in [-0.15, -0.1) is 0 Å². The van der Waals surface area contributed by atoms with Crippen LogP contribution < -0.4 is 15.5 Å². The highest BCUT2D eigenvalue weighted by molar-refractivity contribution is 5.80. The summed E-state index contributed by atoms with van der Waals surface area (Å²) in [6.07, 6.45) is 0.0274. The predicted octanol–water partition coefficient (Wildman–Crippen LogP) is 1.09. The molecule has 0 aromatic carbocycles. The second kappa shape index (κ2) is 9.34. The number of nitrogens with one attached hydrogen (secondary N) is 2. The van der Waals surface area contributed by atoms with Crippen LogP contribution in [-0.2, 0) is 6.18 Å². The van der Waals surface area contributed by atoms with Gasteiger partial charge in [0.2, 0.25) is 11.9 Å². The first kappa shape index (κ1) is 20.6. The van der Waals surface area contributed by atoms with Crippen LogP contribution in [0.25, 0.3) is 0 Å². The fraction of sp³-hybridized carbons (Fsp3) is 0.471. The fourth-order valence-electron chi connectivity index (χ4n) is 2.86. The third kappa shape index (κ3) is 5.65. The van der Waals surface area contributed by atoms with Crippen LogP contribution in [0.4, 0.5) is 25.1 Å². The largest absolute Gasteiger partial charge is 0.433 e. The van der Waals surface area contributed by atoms with E-state index in [1.807, 2.05) is 0 Å². The molecule has 1 aliphatic rings. The summed E-state index contributed by atoms with van der Waals surface area (Å²) in [6.45, 7) is 3.83. The normalized spacial score (nSPS) is 15.4. The van der Waals surface area contributed by atoms with E-state index in [2.05, 4.69) is 45.4 Å². The van der Waals surface area contributed by atoms with Gasteiger partial charge in [-0.2, -0.15) is 13.2 Å². The standard InChI is InChI=1S/C17H22F3N9/c1-21-15(28-9-11-29(12-10-28)16-24-4-2-5-25-16)26-8-7-23-14-22-6-3-13(27-14)17(18,19)20/h2-6H,7-12H2,1H3,(H,21,26)(H,22,23,27). The Morgan fingerprint density at radius 1 is 1.07 bits per heavy atom. The van der Waals surface area contributed by atoms with E-state index in [4.69, 9.17) is 0 Å². The molecule has 2 aromatic rings. The van der Waals surface area contributed by atoms with E-state index in [1.54, 1.807) is 25.5 Å². The Morgan fingerprint density at radius 3 is 2.45 bits per heavy atom. The Hall–Kier alpha value is -3.18. The molecule has 0 unspecified atom stereocenters. The van der Waals surface area contributed by atoms with Crippen LogP contribution in [0.5, 0.6) is 0 Å². The number of hydrogen-bond donors (Lipinski definition) is 2. The topological polar surface area (TPSA) is 94.5 Å². The van der Waals surface area contributed by atoms with Crippen LogP contribution in [0.2, 0.25) is 0 Å². The highest BCUT2D eigenvalue weighted by Crippen LogP contribution is 2.27. The van der Waals surface area contributed by atoms with Crippen LogP contribution in [0, 0.1) is 0 Å². The number of guanidine groups is 1. The molecule has 3 rings (SSSR count). The molecule has 9 nitrogen and oxygen atoms in total. The molecule has 0 bridgehead atoms. The molecule has 156 valence electrons. The molecule has 0 radical (unpaired) electrons. The van der Waals surface area contributed by atoms with Gasteiger partial charge in [-0.1, -0.05) is 0 Å². The number of anilines is 2. The van der Waals surface area contributed by atoms with E-state index >= 15 is 0 Å². The third-order valence-corrected chi connectivity index (χ3v) is 4.26. The second-order valence-electron chi connectivity index (χ2n) is 6.19. The number of rotatable bonds is 5. The number of halogens is 3. The number of piperazine rings is 1. The molecule has 1 aliphatic heterocycles. The van der Waals surface area contributed by atoms with Gasteiger partial charge < -0.3 is 20.4 Å². The molecule has 2 aromatic heterocycles. The lowest BCUT2D eigenvalue weighted by molar-refractivity contribution is -0.141. The van der Waals surface area contributed by atoms with Crippen molar-refractivity contribution in [2.45, 2.75) is 6.18 Å². The summed E-state index contributed by atoms with van der Waals surface area (Å²) in [6, 6.07) is 2.62. The Morgan fingerprint density at radius 2 is 1.79 bits per heavy atom. The Labute approximate surface area is 166 Å². The smallest absolute Gasteiger partial charge is 0.354 e. The van der Waals surface area contributed by atoms with Gasteiger partial charge in [-0.3, -0.25) is 4.99 Å². The first-order valence-corrected chi connectivity index (χ1v) is 9.09. The van der Waals surface area contributed by atoms with E-state index in [1.165, 1.54) is 0 Å². The molecular formula is C17H22F3N9. The lowest BCUT2D eigenvalue weighted by atomic mass is 10.3. The molecule has 0 amide bonds. The van der Waals surface area contributed by atoms with Crippen LogP contribution in [0.3, 0.4) is 0 Å². The maximum Gasteiger partial charge on any atom is 0.433 e. The van der Waals surface area contributed by atoms with E-state index in [0.29, 0.717) is 19.0 Å². The molecule has 29 heavy (non-hydrogen) atoms. The van der Waals surface area contributed by atoms with Crippen molar-refractivity contribution in [1.29, 1.82) is 0 Å². The second-order valence-corrected chi connectivity index (χ2v) is 6.19. The van der Waals surface area contributed by atoms with E-state index in [0.717, 1.165) is 44.4 Å². The highest BCUT2D eigenvalue weighted by Gasteiger charge is 2.32. The molecular weight excluding hydrogens is 387 g/mol. The summed E-state index contributed by atoms with van der Waals surface area (Å²) in [7, 11) is 1.69. The van der Waals surface area contributed by atoms with Crippen LogP contribution in [0.1, 0.15) is 5.69 Å². The van der Waals surface area contributed by atoms with Gasteiger partial charge in [0, 0.05) is 64.9 Å². The molecule has 3 heterocycles. The Balaban J connectivity index is 1.43. The van der Waals surface area contributed by atoms with Gasteiger partial charge >= 0.3 is 6.18 Å². The van der Waals surface area contributed by atoms with Gasteiger partial charge in [0.15, 0.2) is 5.96 Å². The minimum atomic E-state index is -4.49. The Bertz CT molecular complexity index is 805. The average Bonchev–Trinajstić information content (AvgIpc) is 2.74. The van der Waals surface area contributed by atoms with E-state index in [-0.39, 0.29) is 5.95 Å². The highest BCUT2D eigenvalue weighted by atomic mass is 19.4. The summed E-state index contributed by atoms with van der Waals surface area (Å²) in [4.78, 5) is 24.3. The summed E-state index contributed by atoms with van der Waals surface area (Å²) in [5.41, 5.74) is -0.973. The zero-order valence-electron chi connectivity index (χ0n) is 15.9. The van der Waals surface area contributed by atoms with Crippen LogP contribution in [0.15, 0.2) is 35.7 Å². The van der Waals surface area contributed by atoms with Gasteiger partial charge in [-0.25, -0.2) is 19.9 Å².